The van der Waals surface area contributed by atoms with Crippen molar-refractivity contribution < 1.29 is 5.11 Å². The van der Waals surface area contributed by atoms with E-state index < -0.39 is 6.10 Å². The smallest absolute Gasteiger partial charge is 0.0785 e. The summed E-state index contributed by atoms with van der Waals surface area (Å²) in [6, 6.07) is 8.10. The van der Waals surface area contributed by atoms with Gasteiger partial charge in [-0.1, -0.05) is 36.4 Å². The molecule has 1 atom stereocenters. The van der Waals surface area contributed by atoms with E-state index in [-0.39, 0.29) is 0 Å². The van der Waals surface area contributed by atoms with E-state index in [1.807, 2.05) is 25.1 Å². The number of aliphatic hydroxyl groups excluding tert-OH is 1. The first-order valence-electron chi connectivity index (χ1n) is 4.49. The predicted octanol–water partition coefficient (Wildman–Crippen LogP) is 2.47. The van der Waals surface area contributed by atoms with Crippen molar-refractivity contribution in [2.24, 2.45) is 0 Å². The molecule has 1 aromatic rings. The van der Waals surface area contributed by atoms with Crippen molar-refractivity contribution in [3.05, 3.63) is 47.5 Å². The van der Waals surface area contributed by atoms with Gasteiger partial charge in [0.05, 0.1) is 6.10 Å². The molecular formula is C12H16O. The highest BCUT2D eigenvalue weighted by Crippen LogP contribution is 2.12. The van der Waals surface area contributed by atoms with Crippen molar-refractivity contribution in [3.8, 4) is 0 Å². The van der Waals surface area contributed by atoms with E-state index >= 15 is 0 Å². The maximum atomic E-state index is 9.60. The molecule has 70 valence electrons. The third-order valence-corrected chi connectivity index (χ3v) is 2.24. The highest BCUT2D eigenvalue weighted by molar-refractivity contribution is 5.27. The molecule has 1 rings (SSSR count). The Morgan fingerprint density at radius 1 is 1.46 bits per heavy atom. The van der Waals surface area contributed by atoms with Gasteiger partial charge >= 0.3 is 0 Å². The quantitative estimate of drug-likeness (QED) is 0.701. The zero-order valence-electron chi connectivity index (χ0n) is 8.25. The second-order valence-electron chi connectivity index (χ2n) is 3.49. The minimum Gasteiger partial charge on any atom is -0.388 e. The average molecular weight is 176 g/mol. The Morgan fingerprint density at radius 3 is 2.62 bits per heavy atom. The van der Waals surface area contributed by atoms with E-state index in [1.165, 1.54) is 11.1 Å². The van der Waals surface area contributed by atoms with Crippen LogP contribution in [0.1, 0.15) is 18.1 Å². The summed E-state index contributed by atoms with van der Waals surface area (Å²) in [4.78, 5) is 0. The highest BCUT2D eigenvalue weighted by Gasteiger charge is 2.06. The number of hydrogen-bond acceptors (Lipinski definition) is 1. The summed E-state index contributed by atoms with van der Waals surface area (Å²) in [7, 11) is 0. The van der Waals surface area contributed by atoms with Gasteiger partial charge in [0, 0.05) is 6.42 Å². The maximum absolute atomic E-state index is 9.60. The predicted molar refractivity (Wildman–Crippen MR) is 55.7 cm³/mol. The van der Waals surface area contributed by atoms with Crippen LogP contribution in [0.4, 0.5) is 0 Å². The minimum atomic E-state index is -0.416. The molecule has 1 N–H and O–H groups in total. The number of hydrogen-bond donors (Lipinski definition) is 1. The average Bonchev–Trinajstić information content (AvgIpc) is 2.08. The van der Waals surface area contributed by atoms with Gasteiger partial charge in [-0.3, -0.25) is 0 Å². The van der Waals surface area contributed by atoms with Crippen LogP contribution in [0.2, 0.25) is 0 Å². The summed E-state index contributed by atoms with van der Waals surface area (Å²) in [5.41, 5.74) is 3.24. The summed E-state index contributed by atoms with van der Waals surface area (Å²) in [5, 5.41) is 9.60. The van der Waals surface area contributed by atoms with E-state index in [9.17, 15) is 5.11 Å². The van der Waals surface area contributed by atoms with Crippen molar-refractivity contribution in [2.45, 2.75) is 26.4 Å². The number of aliphatic hydroxyl groups is 1. The van der Waals surface area contributed by atoms with Gasteiger partial charge in [-0.15, -0.1) is 0 Å². The van der Waals surface area contributed by atoms with Crippen LogP contribution < -0.4 is 0 Å². The molecule has 0 fully saturated rings. The molecule has 1 heteroatoms. The molecule has 0 aromatic heterocycles. The summed E-state index contributed by atoms with van der Waals surface area (Å²) < 4.78 is 0. The molecule has 0 radical (unpaired) electrons. The molecule has 0 heterocycles. The van der Waals surface area contributed by atoms with Crippen molar-refractivity contribution in [1.82, 2.24) is 0 Å². The molecule has 0 aliphatic rings. The first-order valence-corrected chi connectivity index (χ1v) is 4.49. The second-order valence-corrected chi connectivity index (χ2v) is 3.49. The van der Waals surface area contributed by atoms with Crippen molar-refractivity contribution in [3.63, 3.8) is 0 Å². The number of rotatable bonds is 3. The lowest BCUT2D eigenvalue weighted by Crippen LogP contribution is -2.11. The minimum absolute atomic E-state index is 0.416. The van der Waals surface area contributed by atoms with E-state index in [4.69, 9.17) is 0 Å². The molecule has 0 aliphatic heterocycles. The molecule has 0 amide bonds. The summed E-state index contributed by atoms with van der Waals surface area (Å²) >= 11 is 0. The van der Waals surface area contributed by atoms with Crippen molar-refractivity contribution >= 4 is 0 Å². The first kappa shape index (κ1) is 10.0. The maximum Gasteiger partial charge on any atom is 0.0785 e. The van der Waals surface area contributed by atoms with Crippen molar-refractivity contribution in [2.75, 3.05) is 0 Å². The molecule has 1 nitrogen and oxygen atoms in total. The number of aryl methyl sites for hydroxylation is 1. The molecule has 0 saturated carbocycles. The van der Waals surface area contributed by atoms with E-state index in [0.717, 1.165) is 5.57 Å². The molecule has 0 aliphatic carbocycles. The Balaban J connectivity index is 2.74. The summed E-state index contributed by atoms with van der Waals surface area (Å²) in [6.07, 6.45) is 0.253. The lowest BCUT2D eigenvalue weighted by atomic mass is 10.00. The molecule has 1 unspecified atom stereocenters. The van der Waals surface area contributed by atoms with Gasteiger partial charge in [-0.2, -0.15) is 0 Å². The normalized spacial score (nSPS) is 12.5. The fourth-order valence-corrected chi connectivity index (χ4v) is 1.22. The van der Waals surface area contributed by atoms with Gasteiger partial charge in [0.15, 0.2) is 0 Å². The SMILES string of the molecule is C=C(C)C(O)Cc1ccccc1C. The summed E-state index contributed by atoms with van der Waals surface area (Å²) in [6.45, 7) is 7.64. The standard InChI is InChI=1S/C12H16O/c1-9(2)12(13)8-11-7-5-4-6-10(11)3/h4-7,12-13H,1,8H2,2-3H3. The largest absolute Gasteiger partial charge is 0.388 e. The van der Waals surface area contributed by atoms with Gasteiger partial charge < -0.3 is 5.11 Å². The van der Waals surface area contributed by atoms with E-state index in [2.05, 4.69) is 19.6 Å². The van der Waals surface area contributed by atoms with Gasteiger partial charge in [0.2, 0.25) is 0 Å². The Morgan fingerprint density at radius 2 is 2.08 bits per heavy atom. The van der Waals surface area contributed by atoms with Gasteiger partial charge in [-0.25, -0.2) is 0 Å². The molecule has 1 aromatic carbocycles. The second kappa shape index (κ2) is 4.24. The van der Waals surface area contributed by atoms with Gasteiger partial charge in [-0.05, 0) is 25.0 Å². The highest BCUT2D eigenvalue weighted by atomic mass is 16.3. The molecular weight excluding hydrogens is 160 g/mol. The Bertz CT molecular complexity index is 302. The monoisotopic (exact) mass is 176 g/mol. The Labute approximate surface area is 79.7 Å². The van der Waals surface area contributed by atoms with Crippen LogP contribution in [0, 0.1) is 6.92 Å². The topological polar surface area (TPSA) is 20.2 Å². The third kappa shape index (κ3) is 2.71. The number of benzene rings is 1. The zero-order valence-corrected chi connectivity index (χ0v) is 8.25. The lowest BCUT2D eigenvalue weighted by Gasteiger charge is -2.11. The molecule has 0 bridgehead atoms. The van der Waals surface area contributed by atoms with Crippen LogP contribution in [-0.2, 0) is 6.42 Å². The lowest BCUT2D eigenvalue weighted by molar-refractivity contribution is 0.211. The fraction of sp³-hybridized carbons (Fsp3) is 0.333. The van der Waals surface area contributed by atoms with Crippen LogP contribution in [-0.4, -0.2) is 11.2 Å². The van der Waals surface area contributed by atoms with Gasteiger partial charge in [0.25, 0.3) is 0 Å². The van der Waals surface area contributed by atoms with Crippen molar-refractivity contribution in [1.29, 1.82) is 0 Å². The third-order valence-electron chi connectivity index (χ3n) is 2.24. The van der Waals surface area contributed by atoms with Crippen LogP contribution in [0.3, 0.4) is 0 Å². The molecule has 0 spiro atoms. The van der Waals surface area contributed by atoms with Crippen LogP contribution >= 0.6 is 0 Å². The Kier molecular flexibility index (Phi) is 3.26. The Hall–Kier alpha value is -1.08. The molecule has 0 saturated heterocycles. The van der Waals surface area contributed by atoms with Crippen LogP contribution in [0.15, 0.2) is 36.4 Å². The zero-order chi connectivity index (χ0) is 9.84. The fourth-order valence-electron chi connectivity index (χ4n) is 1.22. The first-order chi connectivity index (χ1) is 6.11. The van der Waals surface area contributed by atoms with Crippen LogP contribution in [0.25, 0.3) is 0 Å². The van der Waals surface area contributed by atoms with Crippen LogP contribution in [0.5, 0.6) is 0 Å². The molecule has 13 heavy (non-hydrogen) atoms. The summed E-state index contributed by atoms with van der Waals surface area (Å²) in [5.74, 6) is 0. The van der Waals surface area contributed by atoms with E-state index in [1.54, 1.807) is 0 Å². The van der Waals surface area contributed by atoms with Gasteiger partial charge in [0.1, 0.15) is 0 Å². The van der Waals surface area contributed by atoms with E-state index in [0.29, 0.717) is 6.42 Å².